The maximum absolute atomic E-state index is 12.4. The summed E-state index contributed by atoms with van der Waals surface area (Å²) in [5.41, 5.74) is 0.609. The predicted molar refractivity (Wildman–Crippen MR) is 71.3 cm³/mol. The first-order chi connectivity index (χ1) is 9.11. The molecule has 19 heavy (non-hydrogen) atoms. The van der Waals surface area contributed by atoms with E-state index < -0.39 is 0 Å². The Balaban J connectivity index is 2.12. The van der Waals surface area contributed by atoms with Gasteiger partial charge in [-0.15, -0.1) is 0 Å². The lowest BCUT2D eigenvalue weighted by Crippen LogP contribution is -2.46. The number of aliphatic hydroxyl groups is 1. The lowest BCUT2D eigenvalue weighted by atomic mass is 10.2. The number of anilines is 1. The van der Waals surface area contributed by atoms with E-state index in [0.717, 1.165) is 5.82 Å². The van der Waals surface area contributed by atoms with Gasteiger partial charge >= 0.3 is 0 Å². The fraction of sp³-hybridized carbons (Fsp3) is 0.538. The number of hydrogen-bond acceptors (Lipinski definition) is 5. The zero-order valence-corrected chi connectivity index (χ0v) is 11.2. The number of hydrogen-bond donors (Lipinski definition) is 1. The first-order valence-corrected chi connectivity index (χ1v) is 6.27. The fourth-order valence-electron chi connectivity index (χ4n) is 1.99. The topological polar surface area (TPSA) is 65.9 Å². The van der Waals surface area contributed by atoms with Crippen molar-refractivity contribution in [3.63, 3.8) is 0 Å². The summed E-state index contributed by atoms with van der Waals surface area (Å²) in [6.07, 6.45) is 1.35. The van der Waals surface area contributed by atoms with Gasteiger partial charge in [-0.05, 0) is 12.1 Å². The van der Waals surface area contributed by atoms with Crippen LogP contribution in [0.15, 0.2) is 18.3 Å². The Bertz CT molecular complexity index is 451. The molecule has 1 aliphatic heterocycles. The highest BCUT2D eigenvalue weighted by Crippen LogP contribution is 2.14. The van der Waals surface area contributed by atoms with Crippen molar-refractivity contribution >= 4 is 11.7 Å². The van der Waals surface area contributed by atoms with Gasteiger partial charge in [0, 0.05) is 38.9 Å². The molecule has 0 aliphatic carbocycles. The maximum atomic E-state index is 12.4. The summed E-state index contributed by atoms with van der Waals surface area (Å²) in [7, 11) is 3.76. The normalized spacial score (nSPS) is 19.3. The molecule has 1 atom stereocenters. The number of nitrogens with zero attached hydrogens (tertiary/aromatic N) is 3. The smallest absolute Gasteiger partial charge is 0.254 e. The number of pyridine rings is 1. The Labute approximate surface area is 112 Å². The Morgan fingerprint density at radius 1 is 1.63 bits per heavy atom. The van der Waals surface area contributed by atoms with Crippen molar-refractivity contribution in [1.82, 2.24) is 9.88 Å². The molecule has 1 aliphatic rings. The summed E-state index contributed by atoms with van der Waals surface area (Å²) in [4.78, 5) is 20.1. The quantitative estimate of drug-likeness (QED) is 0.832. The van der Waals surface area contributed by atoms with Crippen LogP contribution in [0.5, 0.6) is 0 Å². The van der Waals surface area contributed by atoms with Gasteiger partial charge in [0.15, 0.2) is 0 Å². The van der Waals surface area contributed by atoms with E-state index in [9.17, 15) is 4.79 Å². The van der Waals surface area contributed by atoms with Crippen LogP contribution in [0.2, 0.25) is 0 Å². The minimum absolute atomic E-state index is 0.0488. The zero-order chi connectivity index (χ0) is 13.8. The van der Waals surface area contributed by atoms with Crippen LogP contribution in [0, 0.1) is 0 Å². The van der Waals surface area contributed by atoms with Crippen molar-refractivity contribution in [2.75, 3.05) is 45.3 Å². The SMILES string of the molecule is CN(C)c1cc(C(=O)N2CCOC(CO)C2)ccn1. The third kappa shape index (κ3) is 3.21. The van der Waals surface area contributed by atoms with Crippen molar-refractivity contribution in [2.24, 2.45) is 0 Å². The van der Waals surface area contributed by atoms with Crippen molar-refractivity contribution in [1.29, 1.82) is 0 Å². The molecule has 1 amide bonds. The third-order valence-corrected chi connectivity index (χ3v) is 3.08. The van der Waals surface area contributed by atoms with Gasteiger partial charge in [-0.3, -0.25) is 4.79 Å². The molecule has 1 saturated heterocycles. The van der Waals surface area contributed by atoms with E-state index in [1.807, 2.05) is 19.0 Å². The van der Waals surface area contributed by atoms with Crippen LogP contribution < -0.4 is 4.90 Å². The molecule has 2 heterocycles. The molecule has 1 aromatic heterocycles. The molecule has 2 rings (SSSR count). The van der Waals surface area contributed by atoms with E-state index in [1.54, 1.807) is 23.2 Å². The zero-order valence-electron chi connectivity index (χ0n) is 11.2. The first kappa shape index (κ1) is 13.8. The lowest BCUT2D eigenvalue weighted by molar-refractivity contribution is -0.0447. The number of morpholine rings is 1. The van der Waals surface area contributed by atoms with E-state index >= 15 is 0 Å². The molecule has 1 aromatic rings. The van der Waals surface area contributed by atoms with Crippen LogP contribution in [0.25, 0.3) is 0 Å². The van der Waals surface area contributed by atoms with Gasteiger partial charge in [0.2, 0.25) is 0 Å². The second-order valence-corrected chi connectivity index (χ2v) is 4.72. The molecule has 0 spiro atoms. The highest BCUT2D eigenvalue weighted by atomic mass is 16.5. The summed E-state index contributed by atoms with van der Waals surface area (Å²) < 4.78 is 5.34. The molecule has 6 heteroatoms. The van der Waals surface area contributed by atoms with Gasteiger partial charge in [0.05, 0.1) is 19.3 Å². The van der Waals surface area contributed by atoms with Gasteiger partial charge in [-0.1, -0.05) is 0 Å². The minimum Gasteiger partial charge on any atom is -0.394 e. The van der Waals surface area contributed by atoms with E-state index in [2.05, 4.69) is 4.98 Å². The Kier molecular flexibility index (Phi) is 4.34. The maximum Gasteiger partial charge on any atom is 0.254 e. The van der Waals surface area contributed by atoms with Gasteiger partial charge in [-0.25, -0.2) is 4.98 Å². The molecule has 1 unspecified atom stereocenters. The summed E-state index contributed by atoms with van der Waals surface area (Å²) in [6, 6.07) is 3.48. The van der Waals surface area contributed by atoms with Gasteiger partial charge in [0.25, 0.3) is 5.91 Å². The van der Waals surface area contributed by atoms with Crippen molar-refractivity contribution in [3.05, 3.63) is 23.9 Å². The molecule has 1 fully saturated rings. The average molecular weight is 265 g/mol. The van der Waals surface area contributed by atoms with Crippen LogP contribution in [0.3, 0.4) is 0 Å². The second-order valence-electron chi connectivity index (χ2n) is 4.72. The van der Waals surface area contributed by atoms with Crippen LogP contribution >= 0.6 is 0 Å². The highest BCUT2D eigenvalue weighted by Gasteiger charge is 2.24. The minimum atomic E-state index is -0.284. The van der Waals surface area contributed by atoms with Gasteiger partial charge < -0.3 is 19.6 Å². The number of carbonyl (C=O) groups is 1. The standard InChI is InChI=1S/C13H19N3O3/c1-15(2)12-7-10(3-4-14-12)13(18)16-5-6-19-11(8-16)9-17/h3-4,7,11,17H,5-6,8-9H2,1-2H3. The van der Waals surface area contributed by atoms with E-state index in [-0.39, 0.29) is 18.6 Å². The Hall–Kier alpha value is -1.66. The third-order valence-electron chi connectivity index (χ3n) is 3.08. The van der Waals surface area contributed by atoms with E-state index in [1.165, 1.54) is 0 Å². The van der Waals surface area contributed by atoms with Crippen LogP contribution in [-0.2, 0) is 4.74 Å². The largest absolute Gasteiger partial charge is 0.394 e. The fourth-order valence-corrected chi connectivity index (χ4v) is 1.99. The van der Waals surface area contributed by atoms with Crippen LogP contribution in [0.4, 0.5) is 5.82 Å². The van der Waals surface area contributed by atoms with Crippen molar-refractivity contribution < 1.29 is 14.6 Å². The van der Waals surface area contributed by atoms with Crippen molar-refractivity contribution in [2.45, 2.75) is 6.10 Å². The molecule has 104 valence electrons. The highest BCUT2D eigenvalue weighted by molar-refractivity contribution is 5.94. The summed E-state index contributed by atoms with van der Waals surface area (Å²) in [6.45, 7) is 1.37. The first-order valence-electron chi connectivity index (χ1n) is 6.27. The Morgan fingerprint density at radius 2 is 2.42 bits per heavy atom. The molecular formula is C13H19N3O3. The number of ether oxygens (including phenoxy) is 1. The Morgan fingerprint density at radius 3 is 3.11 bits per heavy atom. The molecular weight excluding hydrogens is 246 g/mol. The monoisotopic (exact) mass is 265 g/mol. The average Bonchev–Trinajstić information content (AvgIpc) is 2.46. The molecule has 0 bridgehead atoms. The molecule has 0 saturated carbocycles. The number of rotatable bonds is 3. The molecule has 1 N–H and O–H groups in total. The van der Waals surface area contributed by atoms with Gasteiger partial charge in [0.1, 0.15) is 5.82 Å². The van der Waals surface area contributed by atoms with Crippen LogP contribution in [0.1, 0.15) is 10.4 Å². The molecule has 0 aromatic carbocycles. The number of carbonyl (C=O) groups excluding carboxylic acids is 1. The summed E-state index contributed by atoms with van der Waals surface area (Å²) >= 11 is 0. The lowest BCUT2D eigenvalue weighted by Gasteiger charge is -2.32. The number of aromatic nitrogens is 1. The van der Waals surface area contributed by atoms with E-state index in [4.69, 9.17) is 9.84 Å². The van der Waals surface area contributed by atoms with Crippen LogP contribution in [-0.4, -0.2) is 67.4 Å². The van der Waals surface area contributed by atoms with Crippen molar-refractivity contribution in [3.8, 4) is 0 Å². The second kappa shape index (κ2) is 5.99. The molecule has 6 nitrogen and oxygen atoms in total. The van der Waals surface area contributed by atoms with Gasteiger partial charge in [-0.2, -0.15) is 0 Å². The summed E-state index contributed by atoms with van der Waals surface area (Å²) in [5.74, 6) is 0.699. The summed E-state index contributed by atoms with van der Waals surface area (Å²) in [5, 5.41) is 9.10. The number of amides is 1. The number of aliphatic hydroxyl groups excluding tert-OH is 1. The van der Waals surface area contributed by atoms with E-state index in [0.29, 0.717) is 25.3 Å². The molecule has 0 radical (unpaired) electrons. The predicted octanol–water partition coefficient (Wildman–Crippen LogP) is -0.0191.